The van der Waals surface area contributed by atoms with Crippen LogP contribution in [0.25, 0.3) is 0 Å². The Balaban J connectivity index is 2.68. The van der Waals surface area contributed by atoms with Crippen molar-refractivity contribution in [3.63, 3.8) is 0 Å². The zero-order chi connectivity index (χ0) is 11.3. The van der Waals surface area contributed by atoms with E-state index in [1.165, 1.54) is 7.05 Å². The Morgan fingerprint density at radius 2 is 2.07 bits per heavy atom. The highest BCUT2D eigenvalue weighted by Gasteiger charge is 1.99. The van der Waals surface area contributed by atoms with Crippen molar-refractivity contribution in [1.29, 1.82) is 0 Å². The lowest BCUT2D eigenvalue weighted by atomic mass is 10.2. The van der Waals surface area contributed by atoms with E-state index in [0.29, 0.717) is 0 Å². The number of nitrogens with zero attached hydrogens (tertiary/aromatic N) is 2. The van der Waals surface area contributed by atoms with Gasteiger partial charge in [-0.3, -0.25) is 4.79 Å². The lowest BCUT2D eigenvalue weighted by molar-refractivity contribution is 0.234. The summed E-state index contributed by atoms with van der Waals surface area (Å²) in [6.45, 7) is 0. The van der Waals surface area contributed by atoms with Crippen LogP contribution in [0.15, 0.2) is 29.4 Å². The zero-order valence-corrected chi connectivity index (χ0v) is 9.23. The summed E-state index contributed by atoms with van der Waals surface area (Å²) in [6, 6.07) is 7.28. The van der Waals surface area contributed by atoms with Crippen molar-refractivity contribution < 1.29 is 9.53 Å². The van der Waals surface area contributed by atoms with E-state index < -0.39 is 5.37 Å². The number of carbonyl (C=O) groups excluding carboxylic acids is 1. The molecule has 0 aromatic heterocycles. The third kappa shape index (κ3) is 3.59. The molecular formula is C10H11ClN2O2. The largest absolute Gasteiger partial charge is 0.497 e. The molecule has 0 N–H and O–H groups in total. The van der Waals surface area contributed by atoms with E-state index >= 15 is 0 Å². The average Bonchev–Trinajstić information content (AvgIpc) is 2.26. The molecule has 1 aromatic rings. The van der Waals surface area contributed by atoms with Gasteiger partial charge in [-0.2, -0.15) is 5.10 Å². The molecule has 0 saturated carbocycles. The molecule has 0 aliphatic heterocycles. The monoisotopic (exact) mass is 226 g/mol. The van der Waals surface area contributed by atoms with E-state index in [-0.39, 0.29) is 0 Å². The van der Waals surface area contributed by atoms with Gasteiger partial charge in [0.25, 0.3) is 0 Å². The highest BCUT2D eigenvalue weighted by atomic mass is 35.5. The third-order valence-electron chi connectivity index (χ3n) is 1.75. The van der Waals surface area contributed by atoms with Gasteiger partial charge in [0.1, 0.15) is 5.75 Å². The van der Waals surface area contributed by atoms with Gasteiger partial charge in [0.15, 0.2) is 0 Å². The molecule has 4 nitrogen and oxygen atoms in total. The van der Waals surface area contributed by atoms with Crippen molar-refractivity contribution in [1.82, 2.24) is 5.01 Å². The molecule has 0 bridgehead atoms. The first kappa shape index (κ1) is 11.5. The Hall–Kier alpha value is -1.55. The predicted molar refractivity (Wildman–Crippen MR) is 59.6 cm³/mol. The van der Waals surface area contributed by atoms with Crippen LogP contribution in [0.2, 0.25) is 0 Å². The number of amides is 1. The van der Waals surface area contributed by atoms with E-state index in [1.54, 1.807) is 13.3 Å². The summed E-state index contributed by atoms with van der Waals surface area (Å²) >= 11 is 5.20. The molecule has 0 atom stereocenters. The van der Waals surface area contributed by atoms with Crippen molar-refractivity contribution in [3.05, 3.63) is 29.8 Å². The van der Waals surface area contributed by atoms with Crippen LogP contribution in [0.3, 0.4) is 0 Å². The summed E-state index contributed by atoms with van der Waals surface area (Å²) in [7, 11) is 3.08. The molecule has 0 unspecified atom stereocenters. The first-order valence-electron chi connectivity index (χ1n) is 4.24. The van der Waals surface area contributed by atoms with Crippen LogP contribution in [-0.2, 0) is 0 Å². The van der Waals surface area contributed by atoms with Gasteiger partial charge in [-0.05, 0) is 41.4 Å². The Morgan fingerprint density at radius 3 is 2.53 bits per heavy atom. The van der Waals surface area contributed by atoms with E-state index in [9.17, 15) is 4.79 Å². The van der Waals surface area contributed by atoms with Crippen molar-refractivity contribution in [2.24, 2.45) is 5.10 Å². The van der Waals surface area contributed by atoms with Crippen molar-refractivity contribution in [2.45, 2.75) is 0 Å². The summed E-state index contributed by atoms with van der Waals surface area (Å²) in [5.74, 6) is 0.772. The molecule has 1 aromatic carbocycles. The fourth-order valence-electron chi connectivity index (χ4n) is 0.889. The number of methoxy groups -OCH3 is 1. The van der Waals surface area contributed by atoms with E-state index in [2.05, 4.69) is 5.10 Å². The topological polar surface area (TPSA) is 41.9 Å². The number of benzene rings is 1. The molecule has 1 amide bonds. The molecule has 0 radical (unpaired) electrons. The number of hydrogen-bond donors (Lipinski definition) is 0. The van der Waals surface area contributed by atoms with E-state index in [1.807, 2.05) is 24.3 Å². The van der Waals surface area contributed by atoms with Gasteiger partial charge in [0.05, 0.1) is 13.3 Å². The third-order valence-corrected chi connectivity index (χ3v) is 1.99. The van der Waals surface area contributed by atoms with Gasteiger partial charge >= 0.3 is 5.37 Å². The number of ether oxygens (including phenoxy) is 1. The molecule has 80 valence electrons. The first-order valence-corrected chi connectivity index (χ1v) is 4.62. The first-order chi connectivity index (χ1) is 7.13. The molecule has 0 fully saturated rings. The zero-order valence-electron chi connectivity index (χ0n) is 8.48. The van der Waals surface area contributed by atoms with Gasteiger partial charge in [-0.25, -0.2) is 5.01 Å². The maximum atomic E-state index is 10.6. The number of rotatable bonds is 3. The number of halogens is 1. The van der Waals surface area contributed by atoms with Crippen LogP contribution >= 0.6 is 11.6 Å². The van der Waals surface area contributed by atoms with Crippen molar-refractivity contribution >= 4 is 23.2 Å². The second-order valence-electron chi connectivity index (χ2n) is 2.79. The van der Waals surface area contributed by atoms with Gasteiger partial charge in [-0.15, -0.1) is 0 Å². The summed E-state index contributed by atoms with van der Waals surface area (Å²) in [6.07, 6.45) is 1.54. The molecule has 5 heteroatoms. The van der Waals surface area contributed by atoms with Crippen molar-refractivity contribution in [2.75, 3.05) is 14.2 Å². The number of hydrogen-bond acceptors (Lipinski definition) is 3. The summed E-state index contributed by atoms with van der Waals surface area (Å²) in [5, 5.41) is 4.26. The highest BCUT2D eigenvalue weighted by molar-refractivity contribution is 6.62. The van der Waals surface area contributed by atoms with Crippen LogP contribution in [0, 0.1) is 0 Å². The highest BCUT2D eigenvalue weighted by Crippen LogP contribution is 2.09. The Bertz CT molecular complexity index is 362. The minimum absolute atomic E-state index is 0.625. The number of hydrazone groups is 1. The van der Waals surface area contributed by atoms with Crippen LogP contribution in [0.5, 0.6) is 5.75 Å². The molecule has 0 saturated heterocycles. The lowest BCUT2D eigenvalue weighted by Crippen LogP contribution is -2.13. The van der Waals surface area contributed by atoms with Crippen molar-refractivity contribution in [3.8, 4) is 5.75 Å². The van der Waals surface area contributed by atoms with Gasteiger partial charge < -0.3 is 4.74 Å². The molecule has 15 heavy (non-hydrogen) atoms. The van der Waals surface area contributed by atoms with E-state index in [4.69, 9.17) is 16.3 Å². The summed E-state index contributed by atoms with van der Waals surface area (Å²) < 4.78 is 5.00. The predicted octanol–water partition coefficient (Wildman–Crippen LogP) is 2.32. The van der Waals surface area contributed by atoms with Gasteiger partial charge in [-0.1, -0.05) is 0 Å². The molecule has 1 rings (SSSR count). The molecule has 0 heterocycles. The second kappa shape index (κ2) is 5.36. The van der Waals surface area contributed by atoms with Crippen LogP contribution in [0.4, 0.5) is 4.79 Å². The van der Waals surface area contributed by atoms with Crippen LogP contribution < -0.4 is 4.74 Å². The smallest absolute Gasteiger partial charge is 0.336 e. The lowest BCUT2D eigenvalue weighted by Gasteiger charge is -2.04. The van der Waals surface area contributed by atoms with Crippen LogP contribution in [-0.4, -0.2) is 30.7 Å². The molecule has 0 spiro atoms. The maximum Gasteiger partial charge on any atom is 0.336 e. The fraction of sp³-hybridized carbons (Fsp3) is 0.200. The summed E-state index contributed by atoms with van der Waals surface area (Å²) in [5.41, 5.74) is 0.862. The van der Waals surface area contributed by atoms with E-state index in [0.717, 1.165) is 16.3 Å². The summed E-state index contributed by atoms with van der Waals surface area (Å²) in [4.78, 5) is 10.6. The molecule has 0 aliphatic carbocycles. The average molecular weight is 227 g/mol. The second-order valence-corrected chi connectivity index (χ2v) is 3.12. The molecular weight excluding hydrogens is 216 g/mol. The maximum absolute atomic E-state index is 10.6. The van der Waals surface area contributed by atoms with Crippen LogP contribution in [0.1, 0.15) is 5.56 Å². The standard InChI is InChI=1S/C10H11ClN2O2/c1-13(10(11)14)12-7-8-3-5-9(15-2)6-4-8/h3-7H,1-2H3/b12-7-. The normalized spacial score (nSPS) is 10.3. The minimum Gasteiger partial charge on any atom is -0.497 e. The van der Waals surface area contributed by atoms with Gasteiger partial charge in [0.2, 0.25) is 0 Å². The Morgan fingerprint density at radius 1 is 1.47 bits per heavy atom. The Kier molecular flexibility index (Phi) is 4.12. The fourth-order valence-corrected chi connectivity index (χ4v) is 0.932. The number of carbonyl (C=O) groups is 1. The SMILES string of the molecule is COc1ccc(/C=N\N(C)C(=O)Cl)cc1. The van der Waals surface area contributed by atoms with Gasteiger partial charge in [0, 0.05) is 7.05 Å². The Labute approximate surface area is 93.1 Å². The minimum atomic E-state index is -0.625. The molecule has 0 aliphatic rings. The quantitative estimate of drug-likeness (QED) is 0.344.